The Balaban J connectivity index is 1.99. The molecular formula is C13H12N2O2S. The van der Waals surface area contributed by atoms with Gasteiger partial charge in [0.05, 0.1) is 6.20 Å². The van der Waals surface area contributed by atoms with Crippen LogP contribution in [0.5, 0.6) is 0 Å². The van der Waals surface area contributed by atoms with E-state index in [4.69, 9.17) is 5.11 Å². The number of carboxylic acid groups (broad SMARTS) is 1. The fourth-order valence-electron chi connectivity index (χ4n) is 2.21. The van der Waals surface area contributed by atoms with Crippen LogP contribution in [-0.2, 0) is 6.42 Å². The van der Waals surface area contributed by atoms with Gasteiger partial charge in [-0.25, -0.2) is 9.78 Å². The summed E-state index contributed by atoms with van der Waals surface area (Å²) in [7, 11) is 2.08. The maximum atomic E-state index is 10.8. The Morgan fingerprint density at radius 1 is 1.50 bits per heavy atom. The standard InChI is InChI=1S/C13H12N2O2S/c1-15-5-4-8-6-9(2-3-10(8)15)12-14-7-11(18-12)13(16)17/h2-3,6-7H,4-5H2,1H3,(H,16,17). The summed E-state index contributed by atoms with van der Waals surface area (Å²) in [5.74, 6) is -0.917. The van der Waals surface area contributed by atoms with E-state index < -0.39 is 5.97 Å². The Labute approximate surface area is 109 Å². The van der Waals surface area contributed by atoms with Gasteiger partial charge in [0.1, 0.15) is 9.88 Å². The van der Waals surface area contributed by atoms with Crippen molar-refractivity contribution in [1.29, 1.82) is 0 Å². The summed E-state index contributed by atoms with van der Waals surface area (Å²) in [5.41, 5.74) is 3.57. The fourth-order valence-corrected chi connectivity index (χ4v) is 2.96. The molecule has 92 valence electrons. The second-order valence-electron chi connectivity index (χ2n) is 4.35. The number of nitrogens with zero attached hydrogens (tertiary/aromatic N) is 2. The Hall–Kier alpha value is -1.88. The van der Waals surface area contributed by atoms with Crippen LogP contribution in [0, 0.1) is 0 Å². The topological polar surface area (TPSA) is 53.4 Å². The van der Waals surface area contributed by atoms with Crippen molar-refractivity contribution in [2.45, 2.75) is 6.42 Å². The Bertz CT molecular complexity index is 621. The van der Waals surface area contributed by atoms with E-state index in [0.717, 1.165) is 23.5 Å². The lowest BCUT2D eigenvalue weighted by Crippen LogP contribution is -2.12. The van der Waals surface area contributed by atoms with E-state index in [9.17, 15) is 4.79 Å². The van der Waals surface area contributed by atoms with Gasteiger partial charge >= 0.3 is 5.97 Å². The molecule has 0 amide bonds. The first-order valence-corrected chi connectivity index (χ1v) is 6.50. The third-order valence-corrected chi connectivity index (χ3v) is 4.21. The van der Waals surface area contributed by atoms with E-state index in [1.165, 1.54) is 28.8 Å². The van der Waals surface area contributed by atoms with Crippen molar-refractivity contribution in [3.63, 3.8) is 0 Å². The first-order valence-electron chi connectivity index (χ1n) is 5.69. The molecule has 0 bridgehead atoms. The van der Waals surface area contributed by atoms with E-state index in [-0.39, 0.29) is 4.88 Å². The van der Waals surface area contributed by atoms with Gasteiger partial charge in [-0.1, -0.05) is 0 Å². The molecular weight excluding hydrogens is 248 g/mol. The zero-order chi connectivity index (χ0) is 12.7. The first kappa shape index (κ1) is 11.2. The molecule has 1 aliphatic rings. The summed E-state index contributed by atoms with van der Waals surface area (Å²) in [5, 5.41) is 9.67. The molecule has 1 aliphatic heterocycles. The maximum Gasteiger partial charge on any atom is 0.347 e. The Morgan fingerprint density at radius 3 is 3.06 bits per heavy atom. The van der Waals surface area contributed by atoms with Gasteiger partial charge in [0.2, 0.25) is 0 Å². The van der Waals surface area contributed by atoms with Gasteiger partial charge in [-0.05, 0) is 30.2 Å². The van der Waals surface area contributed by atoms with Gasteiger partial charge in [-0.2, -0.15) is 0 Å². The maximum absolute atomic E-state index is 10.8. The number of hydrogen-bond acceptors (Lipinski definition) is 4. The minimum Gasteiger partial charge on any atom is -0.477 e. The van der Waals surface area contributed by atoms with E-state index >= 15 is 0 Å². The van der Waals surface area contributed by atoms with Crippen molar-refractivity contribution in [2.24, 2.45) is 0 Å². The van der Waals surface area contributed by atoms with E-state index in [2.05, 4.69) is 29.1 Å². The van der Waals surface area contributed by atoms with Crippen molar-refractivity contribution in [1.82, 2.24) is 4.98 Å². The normalized spacial score (nSPS) is 13.7. The number of hydrogen-bond donors (Lipinski definition) is 1. The van der Waals surface area contributed by atoms with Crippen LogP contribution in [0.1, 0.15) is 15.2 Å². The Kier molecular flexibility index (Phi) is 2.56. The highest BCUT2D eigenvalue weighted by Crippen LogP contribution is 2.32. The van der Waals surface area contributed by atoms with Gasteiger partial charge in [-0.15, -0.1) is 11.3 Å². The fraction of sp³-hybridized carbons (Fsp3) is 0.231. The highest BCUT2D eigenvalue weighted by atomic mass is 32.1. The number of rotatable bonds is 2. The average Bonchev–Trinajstić information content (AvgIpc) is 2.96. The quantitative estimate of drug-likeness (QED) is 0.901. The largest absolute Gasteiger partial charge is 0.477 e. The molecule has 0 aliphatic carbocycles. The number of benzene rings is 1. The molecule has 0 fully saturated rings. The van der Waals surface area contributed by atoms with E-state index in [1.807, 2.05) is 6.07 Å². The molecule has 0 saturated heterocycles. The SMILES string of the molecule is CN1CCc2cc(-c3ncc(C(=O)O)s3)ccc21. The minimum atomic E-state index is -0.917. The van der Waals surface area contributed by atoms with Crippen LogP contribution >= 0.6 is 11.3 Å². The molecule has 3 rings (SSSR count). The van der Waals surface area contributed by atoms with Gasteiger partial charge < -0.3 is 10.0 Å². The lowest BCUT2D eigenvalue weighted by molar-refractivity contribution is 0.0702. The van der Waals surface area contributed by atoms with E-state index in [1.54, 1.807) is 0 Å². The smallest absolute Gasteiger partial charge is 0.347 e. The van der Waals surface area contributed by atoms with Crippen molar-refractivity contribution in [3.05, 3.63) is 34.8 Å². The summed E-state index contributed by atoms with van der Waals surface area (Å²) in [4.78, 5) is 17.5. The van der Waals surface area contributed by atoms with Crippen molar-refractivity contribution in [2.75, 3.05) is 18.5 Å². The third kappa shape index (κ3) is 1.76. The molecule has 18 heavy (non-hydrogen) atoms. The number of fused-ring (bicyclic) bond motifs is 1. The zero-order valence-electron chi connectivity index (χ0n) is 9.88. The second kappa shape index (κ2) is 4.10. The molecule has 4 nitrogen and oxygen atoms in total. The Morgan fingerprint density at radius 2 is 2.33 bits per heavy atom. The lowest BCUT2D eigenvalue weighted by Gasteiger charge is -2.11. The molecule has 0 spiro atoms. The molecule has 0 radical (unpaired) electrons. The van der Waals surface area contributed by atoms with Crippen LogP contribution in [0.4, 0.5) is 5.69 Å². The lowest BCUT2D eigenvalue weighted by atomic mass is 10.1. The van der Waals surface area contributed by atoms with Gasteiger partial charge in [-0.3, -0.25) is 0 Å². The molecule has 0 atom stereocenters. The number of likely N-dealkylation sites (N-methyl/N-ethyl adjacent to an activating group) is 1. The van der Waals surface area contributed by atoms with Crippen LogP contribution in [0.2, 0.25) is 0 Å². The molecule has 1 aromatic carbocycles. The number of aromatic nitrogens is 1. The molecule has 5 heteroatoms. The summed E-state index contributed by atoms with van der Waals surface area (Å²) in [6.45, 7) is 1.04. The molecule has 1 aromatic heterocycles. The van der Waals surface area contributed by atoms with Crippen LogP contribution in [0.15, 0.2) is 24.4 Å². The number of aromatic carboxylic acids is 1. The number of thiazole rings is 1. The van der Waals surface area contributed by atoms with Gasteiger partial charge in [0.15, 0.2) is 0 Å². The summed E-state index contributed by atoms with van der Waals surface area (Å²) in [6.07, 6.45) is 2.46. The van der Waals surface area contributed by atoms with Crippen LogP contribution < -0.4 is 4.90 Å². The summed E-state index contributed by atoms with van der Waals surface area (Å²) in [6, 6.07) is 6.20. The summed E-state index contributed by atoms with van der Waals surface area (Å²) >= 11 is 1.22. The first-order chi connectivity index (χ1) is 8.65. The monoisotopic (exact) mass is 260 g/mol. The second-order valence-corrected chi connectivity index (χ2v) is 5.38. The molecule has 1 N–H and O–H groups in total. The highest BCUT2D eigenvalue weighted by molar-refractivity contribution is 7.16. The molecule has 0 saturated carbocycles. The highest BCUT2D eigenvalue weighted by Gasteiger charge is 2.17. The predicted molar refractivity (Wildman–Crippen MR) is 71.5 cm³/mol. The molecule has 2 aromatic rings. The van der Waals surface area contributed by atoms with E-state index in [0.29, 0.717) is 0 Å². The molecule has 0 unspecified atom stereocenters. The van der Waals surface area contributed by atoms with Crippen LogP contribution in [-0.4, -0.2) is 29.7 Å². The predicted octanol–water partition coefficient (Wildman–Crippen LogP) is 2.50. The van der Waals surface area contributed by atoms with Crippen LogP contribution in [0.3, 0.4) is 0 Å². The molecule has 2 heterocycles. The van der Waals surface area contributed by atoms with Gasteiger partial charge in [0, 0.05) is 24.8 Å². The third-order valence-electron chi connectivity index (χ3n) is 3.17. The van der Waals surface area contributed by atoms with Crippen molar-refractivity contribution >= 4 is 23.0 Å². The summed E-state index contributed by atoms with van der Waals surface area (Å²) < 4.78 is 0. The zero-order valence-corrected chi connectivity index (χ0v) is 10.7. The van der Waals surface area contributed by atoms with Crippen molar-refractivity contribution < 1.29 is 9.90 Å². The number of anilines is 1. The number of carbonyl (C=O) groups is 1. The number of carboxylic acids is 1. The minimum absolute atomic E-state index is 0.280. The van der Waals surface area contributed by atoms with Crippen molar-refractivity contribution in [3.8, 4) is 10.6 Å². The van der Waals surface area contributed by atoms with Crippen LogP contribution in [0.25, 0.3) is 10.6 Å². The van der Waals surface area contributed by atoms with Gasteiger partial charge in [0.25, 0.3) is 0 Å². The average molecular weight is 260 g/mol.